The molecule has 3 heterocycles. The summed E-state index contributed by atoms with van der Waals surface area (Å²) in [5.41, 5.74) is 4.30. The Balaban J connectivity index is 1.59. The highest BCUT2D eigenvalue weighted by Crippen LogP contribution is 2.38. The van der Waals surface area contributed by atoms with Crippen LogP contribution >= 0.6 is 0 Å². The molecule has 0 saturated carbocycles. The number of aryl methyl sites for hydroxylation is 2. The van der Waals surface area contributed by atoms with Crippen LogP contribution < -0.4 is 10.1 Å². The molecule has 0 aliphatic carbocycles. The van der Waals surface area contributed by atoms with Gasteiger partial charge in [0.05, 0.1) is 28.9 Å². The van der Waals surface area contributed by atoms with Gasteiger partial charge in [-0.3, -0.25) is 19.4 Å². The van der Waals surface area contributed by atoms with Crippen LogP contribution in [0, 0.1) is 18.3 Å². The lowest BCUT2D eigenvalue weighted by Crippen LogP contribution is -2.27. The molecule has 0 saturated heterocycles. The van der Waals surface area contributed by atoms with Crippen LogP contribution in [0.5, 0.6) is 5.75 Å². The van der Waals surface area contributed by atoms with Crippen molar-refractivity contribution in [3.05, 3.63) is 71.0 Å². The summed E-state index contributed by atoms with van der Waals surface area (Å²) in [6, 6.07) is 17.4. The molecule has 160 valence electrons. The lowest BCUT2D eigenvalue weighted by molar-refractivity contribution is 0.101. The third-order valence-corrected chi connectivity index (χ3v) is 5.65. The van der Waals surface area contributed by atoms with Gasteiger partial charge in [0.1, 0.15) is 23.6 Å². The number of rotatable bonds is 5. The SMILES string of the molecule is CCn1nc(C)cc1C(=O)Nc1nc2cc(C#N)cc3c2n1[C@@H](Cc1ccccc1)CO3. The molecule has 0 unspecified atom stereocenters. The van der Waals surface area contributed by atoms with Gasteiger partial charge in [-0.2, -0.15) is 10.4 Å². The van der Waals surface area contributed by atoms with Crippen LogP contribution in [-0.4, -0.2) is 31.8 Å². The fraction of sp³-hybridized carbons (Fsp3) is 0.250. The number of aromatic nitrogens is 4. The van der Waals surface area contributed by atoms with E-state index in [2.05, 4.69) is 33.6 Å². The van der Waals surface area contributed by atoms with Crippen LogP contribution in [0.1, 0.15) is 40.3 Å². The summed E-state index contributed by atoms with van der Waals surface area (Å²) < 4.78 is 9.73. The predicted molar refractivity (Wildman–Crippen MR) is 120 cm³/mol. The average Bonchev–Trinajstić information content (AvgIpc) is 3.37. The minimum Gasteiger partial charge on any atom is -0.489 e. The number of nitriles is 1. The molecule has 1 aliphatic rings. The highest BCUT2D eigenvalue weighted by atomic mass is 16.5. The number of benzene rings is 2. The van der Waals surface area contributed by atoms with Crippen LogP contribution in [0.4, 0.5) is 5.95 Å². The second-order valence-electron chi connectivity index (χ2n) is 7.85. The topological polar surface area (TPSA) is 97.8 Å². The van der Waals surface area contributed by atoms with Crippen LogP contribution in [-0.2, 0) is 13.0 Å². The molecule has 1 amide bonds. The number of anilines is 1. The summed E-state index contributed by atoms with van der Waals surface area (Å²) in [4.78, 5) is 17.8. The van der Waals surface area contributed by atoms with Crippen molar-refractivity contribution in [2.45, 2.75) is 32.9 Å². The zero-order valence-electron chi connectivity index (χ0n) is 17.9. The van der Waals surface area contributed by atoms with E-state index in [1.165, 1.54) is 0 Å². The largest absolute Gasteiger partial charge is 0.489 e. The highest BCUT2D eigenvalue weighted by molar-refractivity contribution is 6.03. The van der Waals surface area contributed by atoms with Crippen LogP contribution in [0.25, 0.3) is 11.0 Å². The van der Waals surface area contributed by atoms with Crippen LogP contribution in [0.3, 0.4) is 0 Å². The van der Waals surface area contributed by atoms with Gasteiger partial charge in [0, 0.05) is 12.6 Å². The molecule has 0 bridgehead atoms. The Morgan fingerprint density at radius 3 is 2.84 bits per heavy atom. The van der Waals surface area contributed by atoms with E-state index < -0.39 is 0 Å². The minimum absolute atomic E-state index is 0.0593. The number of hydrogen-bond acceptors (Lipinski definition) is 5. The number of amides is 1. The minimum atomic E-state index is -0.272. The molecule has 4 aromatic rings. The van der Waals surface area contributed by atoms with Crippen LogP contribution in [0.2, 0.25) is 0 Å². The molecule has 5 rings (SSSR count). The van der Waals surface area contributed by atoms with E-state index >= 15 is 0 Å². The zero-order chi connectivity index (χ0) is 22.2. The average molecular weight is 426 g/mol. The number of ether oxygens (including phenoxy) is 1. The molecule has 1 N–H and O–H groups in total. The van der Waals surface area contributed by atoms with Gasteiger partial charge in [0.15, 0.2) is 0 Å². The second kappa shape index (κ2) is 7.85. The van der Waals surface area contributed by atoms with Gasteiger partial charge in [-0.25, -0.2) is 4.98 Å². The van der Waals surface area contributed by atoms with Crippen molar-refractivity contribution >= 4 is 22.9 Å². The Labute approximate surface area is 185 Å². The molecule has 2 aromatic carbocycles. The Hall–Kier alpha value is -4.12. The first-order valence-corrected chi connectivity index (χ1v) is 10.6. The van der Waals surface area contributed by atoms with E-state index in [9.17, 15) is 10.1 Å². The number of nitrogens with zero attached hydrogens (tertiary/aromatic N) is 5. The summed E-state index contributed by atoms with van der Waals surface area (Å²) >= 11 is 0. The molecule has 0 fully saturated rings. The van der Waals surface area contributed by atoms with Crippen molar-refractivity contribution in [2.75, 3.05) is 11.9 Å². The molecule has 0 radical (unpaired) electrons. The molecular weight excluding hydrogens is 404 g/mol. The highest BCUT2D eigenvalue weighted by Gasteiger charge is 2.29. The summed E-state index contributed by atoms with van der Waals surface area (Å²) in [6.45, 7) is 4.81. The maximum absolute atomic E-state index is 13.1. The molecule has 2 aromatic heterocycles. The number of carbonyl (C=O) groups excluding carboxylic acids is 1. The van der Waals surface area contributed by atoms with Gasteiger partial charge in [-0.05, 0) is 38.0 Å². The van der Waals surface area contributed by atoms with E-state index in [-0.39, 0.29) is 11.9 Å². The van der Waals surface area contributed by atoms with Crippen molar-refractivity contribution in [3.8, 4) is 11.8 Å². The van der Waals surface area contributed by atoms with E-state index in [1.54, 1.807) is 22.9 Å². The van der Waals surface area contributed by atoms with Gasteiger partial charge in [-0.15, -0.1) is 0 Å². The monoisotopic (exact) mass is 426 g/mol. The summed E-state index contributed by atoms with van der Waals surface area (Å²) in [5.74, 6) is 0.767. The maximum atomic E-state index is 13.1. The smallest absolute Gasteiger partial charge is 0.276 e. The molecule has 1 aliphatic heterocycles. The Kier molecular flexibility index (Phi) is 4.86. The van der Waals surface area contributed by atoms with E-state index in [1.807, 2.05) is 36.6 Å². The lowest BCUT2D eigenvalue weighted by Gasteiger charge is -2.27. The van der Waals surface area contributed by atoms with E-state index in [0.717, 1.165) is 23.2 Å². The predicted octanol–water partition coefficient (Wildman–Crippen LogP) is 3.86. The van der Waals surface area contributed by atoms with E-state index in [0.29, 0.717) is 41.6 Å². The molecule has 1 atom stereocenters. The standard InChI is InChI=1S/C24H22N6O2/c1-3-29-20(9-15(2)28-29)23(31)27-24-26-19-11-17(13-25)12-21-22(19)30(24)18(14-32-21)10-16-7-5-4-6-8-16/h4-9,11-12,18H,3,10,14H2,1-2H3,(H,26,27,31)/t18-/m0/s1. The zero-order valence-corrected chi connectivity index (χ0v) is 17.9. The van der Waals surface area contributed by atoms with Crippen molar-refractivity contribution in [2.24, 2.45) is 0 Å². The Morgan fingerprint density at radius 2 is 2.09 bits per heavy atom. The second-order valence-corrected chi connectivity index (χ2v) is 7.85. The summed E-state index contributed by atoms with van der Waals surface area (Å²) in [6.07, 6.45) is 0.723. The maximum Gasteiger partial charge on any atom is 0.276 e. The number of hydrogen-bond donors (Lipinski definition) is 1. The molecule has 32 heavy (non-hydrogen) atoms. The Morgan fingerprint density at radius 1 is 1.28 bits per heavy atom. The third-order valence-electron chi connectivity index (χ3n) is 5.65. The lowest BCUT2D eigenvalue weighted by atomic mass is 10.0. The number of imidazole rings is 1. The Bertz CT molecular complexity index is 1360. The first kappa shape index (κ1) is 19.8. The van der Waals surface area contributed by atoms with Crippen molar-refractivity contribution in [3.63, 3.8) is 0 Å². The van der Waals surface area contributed by atoms with Crippen molar-refractivity contribution < 1.29 is 9.53 Å². The molecular formula is C24H22N6O2. The fourth-order valence-corrected chi connectivity index (χ4v) is 4.24. The number of carbonyl (C=O) groups is 1. The number of nitrogens with one attached hydrogen (secondary N) is 1. The van der Waals surface area contributed by atoms with Gasteiger partial charge in [0.2, 0.25) is 5.95 Å². The normalized spacial score (nSPS) is 14.7. The van der Waals surface area contributed by atoms with Gasteiger partial charge in [0.25, 0.3) is 5.91 Å². The first-order chi connectivity index (χ1) is 15.6. The van der Waals surface area contributed by atoms with Crippen LogP contribution in [0.15, 0.2) is 48.5 Å². The third kappa shape index (κ3) is 3.38. The molecule has 8 heteroatoms. The quantitative estimate of drug-likeness (QED) is 0.523. The first-order valence-electron chi connectivity index (χ1n) is 10.6. The van der Waals surface area contributed by atoms with Gasteiger partial charge in [-0.1, -0.05) is 30.3 Å². The molecule has 0 spiro atoms. The fourth-order valence-electron chi connectivity index (χ4n) is 4.24. The summed E-state index contributed by atoms with van der Waals surface area (Å²) in [7, 11) is 0. The van der Waals surface area contributed by atoms with E-state index in [4.69, 9.17) is 4.74 Å². The summed E-state index contributed by atoms with van der Waals surface area (Å²) in [5, 5.41) is 16.7. The van der Waals surface area contributed by atoms with Gasteiger partial charge >= 0.3 is 0 Å². The van der Waals surface area contributed by atoms with Gasteiger partial charge < -0.3 is 4.74 Å². The molecule has 8 nitrogen and oxygen atoms in total. The van der Waals surface area contributed by atoms with Crippen molar-refractivity contribution in [1.82, 2.24) is 19.3 Å². The van der Waals surface area contributed by atoms with Crippen molar-refractivity contribution in [1.29, 1.82) is 5.26 Å².